The Labute approximate surface area is 209 Å². The second-order valence-electron chi connectivity index (χ2n) is 7.94. The van der Waals surface area contributed by atoms with Gasteiger partial charge in [0, 0.05) is 23.5 Å². The van der Waals surface area contributed by atoms with Gasteiger partial charge in [-0.15, -0.1) is 0 Å². The van der Waals surface area contributed by atoms with Crippen molar-refractivity contribution in [2.45, 2.75) is 25.4 Å². The molecule has 15 heteroatoms. The van der Waals surface area contributed by atoms with Crippen molar-refractivity contribution in [3.05, 3.63) is 64.5 Å². The highest BCUT2D eigenvalue weighted by atomic mass is 19.4. The van der Waals surface area contributed by atoms with E-state index in [2.05, 4.69) is 30.9 Å². The minimum absolute atomic E-state index is 0.00901. The van der Waals surface area contributed by atoms with Crippen molar-refractivity contribution >= 4 is 51.8 Å². The topological polar surface area (TPSA) is 162 Å². The predicted molar refractivity (Wildman–Crippen MR) is 127 cm³/mol. The van der Waals surface area contributed by atoms with Gasteiger partial charge in [-0.3, -0.25) is 9.78 Å². The number of halogens is 4. The molecule has 5 rings (SSSR count). The largest absolute Gasteiger partial charge is 0.490 e. The van der Waals surface area contributed by atoms with Crippen LogP contribution < -0.4 is 21.7 Å². The van der Waals surface area contributed by atoms with E-state index in [9.17, 15) is 27.2 Å². The third-order valence-electron chi connectivity index (χ3n) is 5.15. The zero-order valence-corrected chi connectivity index (χ0v) is 19.1. The summed E-state index contributed by atoms with van der Waals surface area (Å²) in [6.07, 6.45) is -1.97. The van der Waals surface area contributed by atoms with Crippen molar-refractivity contribution in [1.29, 1.82) is 0 Å². The zero-order chi connectivity index (χ0) is 27.4. The number of carboxylic acids is 1. The maximum atomic E-state index is 14.3. The normalized spacial score (nSPS) is 13.0. The van der Waals surface area contributed by atoms with Crippen molar-refractivity contribution < 1.29 is 36.7 Å². The molecule has 1 aliphatic rings. The van der Waals surface area contributed by atoms with E-state index < -0.39 is 23.7 Å². The summed E-state index contributed by atoms with van der Waals surface area (Å²) in [4.78, 5) is 42.7. The third kappa shape index (κ3) is 6.43. The standard InChI is InChI=1S/C21H17FN6O3.C2HF3O2/c22-14-10-23-20(25-12-4-6-15-11(8-12)2-1-3-18(29)26-15)28-19(14)24-13-5-7-17-16(9-13)27-21(30)31-17;3-2(4,5)1(6)7/h4-10H,1-3H2,(H,26,29)(H,27,30)(H2,23,24,25,28);(H,6,7). The van der Waals surface area contributed by atoms with Gasteiger partial charge < -0.3 is 25.5 Å². The van der Waals surface area contributed by atoms with Gasteiger partial charge in [0.25, 0.3) is 0 Å². The molecule has 1 amide bonds. The highest BCUT2D eigenvalue weighted by molar-refractivity contribution is 5.92. The maximum absolute atomic E-state index is 14.3. The Kier molecular flexibility index (Phi) is 7.27. The number of hydrogen-bond acceptors (Lipinski definition) is 8. The Bertz CT molecular complexity index is 1570. The fourth-order valence-electron chi connectivity index (χ4n) is 3.46. The number of alkyl halides is 3. The first kappa shape index (κ1) is 26.1. The summed E-state index contributed by atoms with van der Waals surface area (Å²) >= 11 is 0. The number of H-pyrrole nitrogens is 1. The first-order valence-electron chi connectivity index (χ1n) is 10.9. The Balaban J connectivity index is 0.000000426. The zero-order valence-electron chi connectivity index (χ0n) is 19.1. The molecular formula is C23H18F4N6O5. The Morgan fingerprint density at radius 1 is 1.05 bits per heavy atom. The molecule has 5 N–H and O–H groups in total. The van der Waals surface area contributed by atoms with Gasteiger partial charge in [-0.05, 0) is 54.8 Å². The van der Waals surface area contributed by atoms with Gasteiger partial charge in [-0.25, -0.2) is 19.0 Å². The van der Waals surface area contributed by atoms with Gasteiger partial charge >= 0.3 is 17.9 Å². The quantitative estimate of drug-likeness (QED) is 0.238. The van der Waals surface area contributed by atoms with Crippen LogP contribution >= 0.6 is 0 Å². The number of fused-ring (bicyclic) bond motifs is 2. The summed E-state index contributed by atoms with van der Waals surface area (Å²) < 4.78 is 51.0. The van der Waals surface area contributed by atoms with Crippen LogP contribution in [0.15, 0.2) is 51.8 Å². The summed E-state index contributed by atoms with van der Waals surface area (Å²) in [5.41, 5.74) is 3.95. The summed E-state index contributed by atoms with van der Waals surface area (Å²) in [5, 5.41) is 16.0. The number of aromatic amines is 1. The average molecular weight is 534 g/mol. The molecule has 3 heterocycles. The molecule has 0 radical (unpaired) electrons. The maximum Gasteiger partial charge on any atom is 0.490 e. The van der Waals surface area contributed by atoms with Crippen LogP contribution in [0.25, 0.3) is 11.1 Å². The molecule has 2 aromatic heterocycles. The van der Waals surface area contributed by atoms with Gasteiger partial charge in [0.1, 0.15) is 0 Å². The lowest BCUT2D eigenvalue weighted by molar-refractivity contribution is -0.192. The van der Waals surface area contributed by atoms with Crippen molar-refractivity contribution in [2.75, 3.05) is 16.0 Å². The first-order valence-corrected chi connectivity index (χ1v) is 10.9. The predicted octanol–water partition coefficient (Wildman–Crippen LogP) is 4.45. The Hall–Kier alpha value is -4.95. The van der Waals surface area contributed by atoms with Crippen LogP contribution in [-0.4, -0.2) is 38.1 Å². The van der Waals surface area contributed by atoms with Gasteiger partial charge in [0.2, 0.25) is 11.9 Å². The lowest BCUT2D eigenvalue weighted by Gasteiger charge is -2.12. The van der Waals surface area contributed by atoms with Crippen LogP contribution in [0.3, 0.4) is 0 Å². The van der Waals surface area contributed by atoms with Crippen molar-refractivity contribution in [3.63, 3.8) is 0 Å². The number of aromatic nitrogens is 3. The first-order chi connectivity index (χ1) is 18.0. The number of amides is 1. The molecular weight excluding hydrogens is 516 g/mol. The molecule has 1 aliphatic heterocycles. The van der Waals surface area contributed by atoms with Crippen LogP contribution in [0.4, 0.5) is 46.4 Å². The van der Waals surface area contributed by atoms with Crippen LogP contribution in [0, 0.1) is 5.82 Å². The van der Waals surface area contributed by atoms with Gasteiger partial charge in [-0.2, -0.15) is 18.2 Å². The average Bonchev–Trinajstić information content (AvgIpc) is 3.11. The molecule has 11 nitrogen and oxygen atoms in total. The van der Waals surface area contributed by atoms with Crippen molar-refractivity contribution in [1.82, 2.24) is 15.0 Å². The van der Waals surface area contributed by atoms with E-state index in [1.807, 2.05) is 12.1 Å². The number of hydrogen-bond donors (Lipinski definition) is 5. The van der Waals surface area contributed by atoms with E-state index in [-0.39, 0.29) is 17.7 Å². The highest BCUT2D eigenvalue weighted by Crippen LogP contribution is 2.27. The molecule has 2 aromatic carbocycles. The number of nitrogens with zero attached hydrogens (tertiary/aromatic N) is 2. The van der Waals surface area contributed by atoms with E-state index in [4.69, 9.17) is 14.3 Å². The molecule has 0 spiro atoms. The van der Waals surface area contributed by atoms with Gasteiger partial charge in [0.15, 0.2) is 17.2 Å². The van der Waals surface area contributed by atoms with Crippen LogP contribution in [0.5, 0.6) is 0 Å². The van der Waals surface area contributed by atoms with Crippen molar-refractivity contribution in [3.8, 4) is 0 Å². The summed E-state index contributed by atoms with van der Waals surface area (Å²) in [6, 6.07) is 10.4. The van der Waals surface area contributed by atoms with Crippen LogP contribution in [0.2, 0.25) is 0 Å². The molecule has 198 valence electrons. The molecule has 0 aliphatic carbocycles. The Morgan fingerprint density at radius 2 is 1.76 bits per heavy atom. The van der Waals surface area contributed by atoms with Crippen LogP contribution in [-0.2, 0) is 16.0 Å². The number of anilines is 5. The smallest absolute Gasteiger partial charge is 0.475 e. The molecule has 0 unspecified atom stereocenters. The lowest BCUT2D eigenvalue weighted by Crippen LogP contribution is -2.21. The molecule has 0 saturated heterocycles. The van der Waals surface area contributed by atoms with E-state index in [1.165, 1.54) is 0 Å². The second kappa shape index (κ2) is 10.6. The van der Waals surface area contributed by atoms with Gasteiger partial charge in [0.05, 0.1) is 11.7 Å². The number of carbonyl (C=O) groups is 2. The minimum atomic E-state index is -5.08. The van der Waals surface area contributed by atoms with Crippen LogP contribution in [0.1, 0.15) is 18.4 Å². The summed E-state index contributed by atoms with van der Waals surface area (Å²) in [7, 11) is 0. The summed E-state index contributed by atoms with van der Waals surface area (Å²) in [6.45, 7) is 0. The number of aliphatic carboxylic acids is 1. The molecule has 0 bridgehead atoms. The van der Waals surface area contributed by atoms with E-state index in [0.717, 1.165) is 36.0 Å². The Morgan fingerprint density at radius 3 is 2.50 bits per heavy atom. The molecule has 4 aromatic rings. The number of nitrogens with one attached hydrogen (secondary N) is 4. The minimum Gasteiger partial charge on any atom is -0.475 e. The number of rotatable bonds is 4. The monoisotopic (exact) mass is 534 g/mol. The summed E-state index contributed by atoms with van der Waals surface area (Å²) in [5.74, 6) is -3.76. The second-order valence-corrected chi connectivity index (χ2v) is 7.94. The molecule has 0 fully saturated rings. The van der Waals surface area contributed by atoms with E-state index in [1.54, 1.807) is 24.3 Å². The molecule has 0 atom stereocenters. The number of carboxylic acid groups (broad SMARTS) is 1. The van der Waals surface area contributed by atoms with E-state index in [0.29, 0.717) is 23.2 Å². The SMILES string of the molecule is O=C(O)C(F)(F)F.O=C1CCCc2cc(Nc3ncc(F)c(Nc4ccc5oc(=O)[nH]c5c4)n3)ccc2N1. The number of oxazole rings is 1. The third-order valence-corrected chi connectivity index (χ3v) is 5.15. The lowest BCUT2D eigenvalue weighted by atomic mass is 10.1. The molecule has 38 heavy (non-hydrogen) atoms. The fourth-order valence-corrected chi connectivity index (χ4v) is 3.46. The number of benzene rings is 2. The highest BCUT2D eigenvalue weighted by Gasteiger charge is 2.38. The molecule has 0 saturated carbocycles. The van der Waals surface area contributed by atoms with Crippen molar-refractivity contribution in [2.24, 2.45) is 0 Å². The number of aryl methyl sites for hydroxylation is 1. The van der Waals surface area contributed by atoms with E-state index >= 15 is 0 Å². The van der Waals surface area contributed by atoms with Gasteiger partial charge in [-0.1, -0.05) is 0 Å². The number of carbonyl (C=O) groups excluding carboxylic acids is 1. The fraction of sp³-hybridized carbons (Fsp3) is 0.174.